The zero-order valence-corrected chi connectivity index (χ0v) is 18.0. The van der Waals surface area contributed by atoms with Crippen molar-refractivity contribution >= 4 is 23.3 Å². The molecule has 0 aliphatic carbocycles. The molecule has 4 N–H and O–H groups in total. The Labute approximate surface area is 185 Å². The lowest BCUT2D eigenvalue weighted by molar-refractivity contribution is -0.272. The van der Waals surface area contributed by atoms with Crippen LogP contribution in [-0.2, 0) is 4.89 Å². The normalized spacial score (nSPS) is 11.6. The molecule has 0 spiro atoms. The smallest absolute Gasteiger partial charge is 0.324 e. The van der Waals surface area contributed by atoms with E-state index in [4.69, 9.17) is 5.26 Å². The highest BCUT2D eigenvalue weighted by Gasteiger charge is 2.13. The molecule has 0 radical (unpaired) electrons. The molecule has 166 valence electrons. The molecule has 32 heavy (non-hydrogen) atoms. The number of aromatic nitrogens is 1. The van der Waals surface area contributed by atoms with E-state index in [2.05, 4.69) is 20.5 Å². The van der Waals surface area contributed by atoms with Crippen molar-refractivity contribution in [1.29, 1.82) is 0 Å². The summed E-state index contributed by atoms with van der Waals surface area (Å²) >= 11 is 0. The average molecular weight is 435 g/mol. The van der Waals surface area contributed by atoms with Crippen molar-refractivity contribution in [3.63, 3.8) is 0 Å². The van der Waals surface area contributed by atoms with Crippen LogP contribution in [0.4, 0.5) is 16.3 Å². The molecule has 0 saturated heterocycles. The standard InChI is InChI=1S/C24H25N3O5/c1-14-12-19(28)8-10-21(14)26-24(30)27-23-11-9-20(16(3)25-23)17-4-6-18(7-5-17)22(29)13-15(2)32-31/h4-12,15,28,31H,13H2,1-3H3,(H2,25,26,27,30). The van der Waals surface area contributed by atoms with Crippen LogP contribution in [-0.4, -0.2) is 33.3 Å². The number of nitrogens with zero attached hydrogens (tertiary/aromatic N) is 1. The lowest BCUT2D eigenvalue weighted by Crippen LogP contribution is -2.20. The number of phenols is 1. The zero-order valence-electron chi connectivity index (χ0n) is 18.0. The maximum atomic E-state index is 12.3. The Morgan fingerprint density at radius 1 is 1.03 bits per heavy atom. The molecular weight excluding hydrogens is 410 g/mol. The molecule has 1 atom stereocenters. The number of aromatic hydroxyl groups is 1. The Kier molecular flexibility index (Phi) is 7.19. The molecule has 0 saturated carbocycles. The van der Waals surface area contributed by atoms with Gasteiger partial charge in [0, 0.05) is 28.9 Å². The van der Waals surface area contributed by atoms with Gasteiger partial charge in [-0.15, -0.1) is 0 Å². The van der Waals surface area contributed by atoms with Gasteiger partial charge in [0.05, 0.1) is 6.10 Å². The van der Waals surface area contributed by atoms with Crippen LogP contribution in [0.1, 0.15) is 35.0 Å². The molecule has 0 aliphatic rings. The quantitative estimate of drug-likeness (QED) is 0.176. The van der Waals surface area contributed by atoms with Crippen LogP contribution in [0.5, 0.6) is 5.75 Å². The number of Topliss-reactive ketones (excluding diaryl/α,β-unsaturated/α-hetero) is 1. The third-order valence-corrected chi connectivity index (χ3v) is 4.96. The molecule has 1 unspecified atom stereocenters. The van der Waals surface area contributed by atoms with E-state index in [0.29, 0.717) is 22.8 Å². The Bertz CT molecular complexity index is 1130. The molecule has 2 aromatic carbocycles. The van der Waals surface area contributed by atoms with Crippen LogP contribution in [0.15, 0.2) is 54.6 Å². The molecule has 8 nitrogen and oxygen atoms in total. The summed E-state index contributed by atoms with van der Waals surface area (Å²) in [5, 5.41) is 23.5. The first-order valence-electron chi connectivity index (χ1n) is 10.1. The van der Waals surface area contributed by atoms with Crippen molar-refractivity contribution in [3.05, 3.63) is 71.4 Å². The van der Waals surface area contributed by atoms with Gasteiger partial charge < -0.3 is 10.4 Å². The van der Waals surface area contributed by atoms with Gasteiger partial charge in [0.15, 0.2) is 5.78 Å². The number of ketones is 1. The third-order valence-electron chi connectivity index (χ3n) is 4.96. The number of urea groups is 1. The predicted molar refractivity (Wildman–Crippen MR) is 122 cm³/mol. The SMILES string of the molecule is Cc1cc(O)ccc1NC(=O)Nc1ccc(-c2ccc(C(=O)CC(C)OO)cc2)c(C)n1. The number of phenolic OH excluding ortho intramolecular Hbond substituents is 1. The summed E-state index contributed by atoms with van der Waals surface area (Å²) in [5.74, 6) is 0.403. The molecule has 1 heterocycles. The summed E-state index contributed by atoms with van der Waals surface area (Å²) in [6.07, 6.45) is -0.480. The number of carbonyl (C=O) groups is 2. The first kappa shape index (κ1) is 22.9. The average Bonchev–Trinajstić information content (AvgIpc) is 2.76. The van der Waals surface area contributed by atoms with Gasteiger partial charge in [-0.1, -0.05) is 24.3 Å². The highest BCUT2D eigenvalue weighted by Crippen LogP contribution is 2.25. The topological polar surface area (TPSA) is 121 Å². The Morgan fingerprint density at radius 3 is 2.38 bits per heavy atom. The second-order valence-electron chi connectivity index (χ2n) is 7.53. The summed E-state index contributed by atoms with van der Waals surface area (Å²) < 4.78 is 0. The fraction of sp³-hybridized carbons (Fsp3) is 0.208. The number of aryl methyl sites for hydroxylation is 2. The number of hydrogen-bond donors (Lipinski definition) is 4. The van der Waals surface area contributed by atoms with Crippen molar-refractivity contribution in [2.75, 3.05) is 10.6 Å². The first-order chi connectivity index (χ1) is 15.3. The van der Waals surface area contributed by atoms with E-state index in [-0.39, 0.29) is 18.0 Å². The van der Waals surface area contributed by atoms with Crippen molar-refractivity contribution in [2.24, 2.45) is 0 Å². The molecule has 1 aromatic heterocycles. The van der Waals surface area contributed by atoms with Gasteiger partial charge in [0.1, 0.15) is 11.6 Å². The van der Waals surface area contributed by atoms with Gasteiger partial charge in [-0.3, -0.25) is 15.4 Å². The largest absolute Gasteiger partial charge is 0.508 e. The lowest BCUT2D eigenvalue weighted by Gasteiger charge is -2.12. The molecule has 8 heteroatoms. The first-order valence-corrected chi connectivity index (χ1v) is 10.1. The summed E-state index contributed by atoms with van der Waals surface area (Å²) in [7, 11) is 0. The number of amides is 2. The second-order valence-corrected chi connectivity index (χ2v) is 7.53. The minimum Gasteiger partial charge on any atom is -0.508 e. The predicted octanol–water partition coefficient (Wildman–Crippen LogP) is 5.17. The molecule has 3 aromatic rings. The summed E-state index contributed by atoms with van der Waals surface area (Å²) in [4.78, 5) is 33.1. The summed E-state index contributed by atoms with van der Waals surface area (Å²) in [5.41, 5.74) is 4.32. The van der Waals surface area contributed by atoms with Crippen molar-refractivity contribution < 1.29 is 24.8 Å². The second kappa shape index (κ2) is 10.0. The van der Waals surface area contributed by atoms with Gasteiger partial charge in [-0.05, 0) is 62.2 Å². The Morgan fingerprint density at radius 2 is 1.75 bits per heavy atom. The molecule has 0 bridgehead atoms. The zero-order chi connectivity index (χ0) is 23.3. The number of benzene rings is 2. The minimum absolute atomic E-state index is 0.0858. The summed E-state index contributed by atoms with van der Waals surface area (Å²) in [6, 6.07) is 14.9. The van der Waals surface area contributed by atoms with Crippen LogP contribution < -0.4 is 10.6 Å². The van der Waals surface area contributed by atoms with Gasteiger partial charge in [-0.25, -0.2) is 14.7 Å². The summed E-state index contributed by atoms with van der Waals surface area (Å²) in [6.45, 7) is 5.23. The van der Waals surface area contributed by atoms with E-state index in [1.54, 1.807) is 44.2 Å². The molecule has 2 amide bonds. The molecule has 3 rings (SSSR count). The highest BCUT2D eigenvalue weighted by molar-refractivity contribution is 6.00. The van der Waals surface area contributed by atoms with Gasteiger partial charge in [-0.2, -0.15) is 0 Å². The lowest BCUT2D eigenvalue weighted by atomic mass is 10.00. The minimum atomic E-state index is -0.566. The maximum absolute atomic E-state index is 12.3. The van der Waals surface area contributed by atoms with Crippen molar-refractivity contribution in [3.8, 4) is 16.9 Å². The number of nitrogens with one attached hydrogen (secondary N) is 2. The van der Waals surface area contributed by atoms with E-state index in [1.165, 1.54) is 6.07 Å². The van der Waals surface area contributed by atoms with Crippen LogP contribution in [0.3, 0.4) is 0 Å². The van der Waals surface area contributed by atoms with E-state index >= 15 is 0 Å². The van der Waals surface area contributed by atoms with Gasteiger partial charge >= 0.3 is 6.03 Å². The monoisotopic (exact) mass is 435 g/mol. The number of hydrogen-bond acceptors (Lipinski definition) is 6. The van der Waals surface area contributed by atoms with E-state index in [9.17, 15) is 14.7 Å². The highest BCUT2D eigenvalue weighted by atomic mass is 17.1. The van der Waals surface area contributed by atoms with E-state index < -0.39 is 12.1 Å². The van der Waals surface area contributed by atoms with Crippen molar-refractivity contribution in [2.45, 2.75) is 33.3 Å². The van der Waals surface area contributed by atoms with Crippen LogP contribution in [0.2, 0.25) is 0 Å². The maximum Gasteiger partial charge on any atom is 0.324 e. The number of pyridine rings is 1. The Balaban J connectivity index is 1.68. The van der Waals surface area contributed by atoms with Gasteiger partial charge in [0.2, 0.25) is 0 Å². The number of rotatable bonds is 7. The van der Waals surface area contributed by atoms with Crippen LogP contribution >= 0.6 is 0 Å². The Hall–Kier alpha value is -3.75. The number of anilines is 2. The fourth-order valence-corrected chi connectivity index (χ4v) is 3.25. The van der Waals surface area contributed by atoms with Crippen molar-refractivity contribution in [1.82, 2.24) is 4.98 Å². The van der Waals surface area contributed by atoms with Gasteiger partial charge in [0.25, 0.3) is 0 Å². The van der Waals surface area contributed by atoms with Crippen LogP contribution in [0.25, 0.3) is 11.1 Å². The molecule has 0 aliphatic heterocycles. The number of carbonyl (C=O) groups excluding carboxylic acids is 2. The third kappa shape index (κ3) is 5.69. The van der Waals surface area contributed by atoms with E-state index in [1.807, 2.05) is 25.1 Å². The van der Waals surface area contributed by atoms with Crippen LogP contribution in [0, 0.1) is 13.8 Å². The molecule has 0 fully saturated rings. The fourth-order valence-electron chi connectivity index (χ4n) is 3.25. The molecular formula is C24H25N3O5. The van der Waals surface area contributed by atoms with E-state index in [0.717, 1.165) is 16.7 Å².